The van der Waals surface area contributed by atoms with Gasteiger partial charge in [-0.3, -0.25) is 4.90 Å². The Morgan fingerprint density at radius 2 is 1.59 bits per heavy atom. The van der Waals surface area contributed by atoms with E-state index >= 15 is 0 Å². The summed E-state index contributed by atoms with van der Waals surface area (Å²) in [6.07, 6.45) is 0. The summed E-state index contributed by atoms with van der Waals surface area (Å²) in [5.74, 6) is 1.20. The molecule has 1 aliphatic heterocycles. The van der Waals surface area contributed by atoms with Gasteiger partial charge in [0.25, 0.3) is 0 Å². The third-order valence-electron chi connectivity index (χ3n) is 4.18. The second-order valence-electron chi connectivity index (χ2n) is 5.94. The first-order valence-electron chi connectivity index (χ1n) is 7.75. The summed E-state index contributed by atoms with van der Waals surface area (Å²) in [6.45, 7) is 8.60. The summed E-state index contributed by atoms with van der Waals surface area (Å²) >= 11 is 0. The highest BCUT2D eigenvalue weighted by atomic mass is 16.3. The van der Waals surface area contributed by atoms with Gasteiger partial charge in [0, 0.05) is 37.8 Å². The van der Waals surface area contributed by atoms with E-state index in [2.05, 4.69) is 33.8 Å². The summed E-state index contributed by atoms with van der Waals surface area (Å²) in [4.78, 5) is 4.77. The smallest absolute Gasteiger partial charge is 0.151 e. The zero-order valence-electron chi connectivity index (χ0n) is 13.1. The lowest BCUT2D eigenvalue weighted by Gasteiger charge is -2.37. The van der Waals surface area contributed by atoms with Gasteiger partial charge in [0.15, 0.2) is 5.82 Å². The third kappa shape index (κ3) is 3.20. The minimum absolute atomic E-state index is 0.261. The molecule has 0 spiro atoms. The average molecular weight is 298 g/mol. The molecular weight excluding hydrogens is 276 g/mol. The molecule has 1 fully saturated rings. The predicted molar refractivity (Wildman–Crippen MR) is 88.1 cm³/mol. The fraction of sp³-hybridized carbons (Fsp3) is 0.412. The first-order chi connectivity index (χ1) is 10.6. The molecule has 0 aliphatic carbocycles. The molecule has 1 aromatic heterocycles. The standard InChI is InChI=1S/C17H22N4O/c1-13(2)20-9-11-21(12-10-20)17-8-7-16(18-19-17)14-3-5-15(22)6-4-14/h3-8,13,22H,9-12H2,1-2H3. The fourth-order valence-corrected chi connectivity index (χ4v) is 2.75. The van der Waals surface area contributed by atoms with Gasteiger partial charge in [0.2, 0.25) is 0 Å². The highest BCUT2D eigenvalue weighted by Gasteiger charge is 2.19. The minimum atomic E-state index is 0.261. The molecule has 5 nitrogen and oxygen atoms in total. The molecule has 0 saturated carbocycles. The molecule has 1 saturated heterocycles. The summed E-state index contributed by atoms with van der Waals surface area (Å²) in [7, 11) is 0. The van der Waals surface area contributed by atoms with Crippen LogP contribution in [0, 0.1) is 0 Å². The summed E-state index contributed by atoms with van der Waals surface area (Å²) in [5.41, 5.74) is 1.78. The van der Waals surface area contributed by atoms with Crippen LogP contribution < -0.4 is 4.90 Å². The van der Waals surface area contributed by atoms with Crippen molar-refractivity contribution in [2.45, 2.75) is 19.9 Å². The number of rotatable bonds is 3. The van der Waals surface area contributed by atoms with E-state index in [9.17, 15) is 5.11 Å². The van der Waals surface area contributed by atoms with Gasteiger partial charge in [0.05, 0.1) is 5.69 Å². The number of benzene rings is 1. The Labute approximate surface area is 131 Å². The number of phenolic OH excluding ortho intramolecular Hbond substituents is 1. The Bertz CT molecular complexity index is 602. The van der Waals surface area contributed by atoms with E-state index in [1.807, 2.05) is 24.3 Å². The van der Waals surface area contributed by atoms with Gasteiger partial charge in [-0.05, 0) is 50.2 Å². The van der Waals surface area contributed by atoms with Crippen LogP contribution in [0.1, 0.15) is 13.8 Å². The lowest BCUT2D eigenvalue weighted by molar-refractivity contribution is 0.209. The maximum atomic E-state index is 9.33. The number of phenols is 1. The fourth-order valence-electron chi connectivity index (χ4n) is 2.75. The Morgan fingerprint density at radius 3 is 2.14 bits per heavy atom. The van der Waals surface area contributed by atoms with E-state index in [1.165, 1.54) is 0 Å². The maximum Gasteiger partial charge on any atom is 0.151 e. The SMILES string of the molecule is CC(C)N1CCN(c2ccc(-c3ccc(O)cc3)nn2)CC1. The highest BCUT2D eigenvalue weighted by molar-refractivity contribution is 5.60. The van der Waals surface area contributed by atoms with E-state index in [1.54, 1.807) is 12.1 Å². The zero-order valence-corrected chi connectivity index (χ0v) is 13.1. The van der Waals surface area contributed by atoms with Gasteiger partial charge in [-0.15, -0.1) is 10.2 Å². The quantitative estimate of drug-likeness (QED) is 0.943. The Morgan fingerprint density at radius 1 is 0.909 bits per heavy atom. The normalized spacial score (nSPS) is 16.2. The van der Waals surface area contributed by atoms with Crippen LogP contribution in [-0.2, 0) is 0 Å². The number of aromatic hydroxyl groups is 1. The number of aromatic nitrogens is 2. The lowest BCUT2D eigenvalue weighted by Crippen LogP contribution is -2.49. The molecule has 2 heterocycles. The summed E-state index contributed by atoms with van der Waals surface area (Å²) in [5, 5.41) is 18.0. The molecule has 2 aromatic rings. The van der Waals surface area contributed by atoms with Crippen molar-refractivity contribution in [1.82, 2.24) is 15.1 Å². The van der Waals surface area contributed by atoms with Gasteiger partial charge in [-0.2, -0.15) is 0 Å². The molecule has 5 heteroatoms. The largest absolute Gasteiger partial charge is 0.508 e. The van der Waals surface area contributed by atoms with Crippen molar-refractivity contribution in [3.8, 4) is 17.0 Å². The minimum Gasteiger partial charge on any atom is -0.508 e. The van der Waals surface area contributed by atoms with Crippen molar-refractivity contribution in [3.63, 3.8) is 0 Å². The molecule has 1 N–H and O–H groups in total. The third-order valence-corrected chi connectivity index (χ3v) is 4.18. The molecule has 0 bridgehead atoms. The van der Waals surface area contributed by atoms with Crippen LogP contribution in [0.2, 0.25) is 0 Å². The van der Waals surface area contributed by atoms with Crippen LogP contribution in [0.4, 0.5) is 5.82 Å². The molecule has 0 radical (unpaired) electrons. The average Bonchev–Trinajstić information content (AvgIpc) is 2.56. The van der Waals surface area contributed by atoms with E-state index in [-0.39, 0.29) is 5.75 Å². The lowest BCUT2D eigenvalue weighted by atomic mass is 10.1. The van der Waals surface area contributed by atoms with Crippen molar-refractivity contribution in [2.24, 2.45) is 0 Å². The highest BCUT2D eigenvalue weighted by Crippen LogP contribution is 2.21. The monoisotopic (exact) mass is 298 g/mol. The molecule has 3 rings (SSSR count). The number of hydrogen-bond donors (Lipinski definition) is 1. The number of hydrogen-bond acceptors (Lipinski definition) is 5. The van der Waals surface area contributed by atoms with E-state index < -0.39 is 0 Å². The van der Waals surface area contributed by atoms with Gasteiger partial charge >= 0.3 is 0 Å². The van der Waals surface area contributed by atoms with Gasteiger partial charge < -0.3 is 10.0 Å². The number of anilines is 1. The number of nitrogens with zero attached hydrogens (tertiary/aromatic N) is 4. The van der Waals surface area contributed by atoms with Crippen molar-refractivity contribution in [3.05, 3.63) is 36.4 Å². The van der Waals surface area contributed by atoms with E-state index in [0.29, 0.717) is 6.04 Å². The van der Waals surface area contributed by atoms with Crippen LogP contribution in [0.5, 0.6) is 5.75 Å². The van der Waals surface area contributed by atoms with Crippen LogP contribution in [-0.4, -0.2) is 52.4 Å². The predicted octanol–water partition coefficient (Wildman–Crippen LogP) is 2.38. The van der Waals surface area contributed by atoms with E-state index in [4.69, 9.17) is 0 Å². The van der Waals surface area contributed by atoms with Crippen LogP contribution in [0.3, 0.4) is 0 Å². The summed E-state index contributed by atoms with van der Waals surface area (Å²) in [6, 6.07) is 11.6. The second kappa shape index (κ2) is 6.32. The van der Waals surface area contributed by atoms with Crippen LogP contribution >= 0.6 is 0 Å². The molecular formula is C17H22N4O. The zero-order chi connectivity index (χ0) is 15.5. The molecule has 116 valence electrons. The van der Waals surface area contributed by atoms with E-state index in [0.717, 1.165) is 43.3 Å². The Hall–Kier alpha value is -2.14. The number of piperazine rings is 1. The van der Waals surface area contributed by atoms with Crippen molar-refractivity contribution < 1.29 is 5.11 Å². The van der Waals surface area contributed by atoms with Crippen molar-refractivity contribution >= 4 is 5.82 Å². The molecule has 1 aliphatic rings. The van der Waals surface area contributed by atoms with Crippen LogP contribution in [0.15, 0.2) is 36.4 Å². The van der Waals surface area contributed by atoms with Crippen molar-refractivity contribution in [2.75, 3.05) is 31.1 Å². The molecule has 0 unspecified atom stereocenters. The van der Waals surface area contributed by atoms with Gasteiger partial charge in [0.1, 0.15) is 5.75 Å². The van der Waals surface area contributed by atoms with Gasteiger partial charge in [-0.1, -0.05) is 0 Å². The molecule has 0 amide bonds. The second-order valence-corrected chi connectivity index (χ2v) is 5.94. The molecule has 22 heavy (non-hydrogen) atoms. The summed E-state index contributed by atoms with van der Waals surface area (Å²) < 4.78 is 0. The maximum absolute atomic E-state index is 9.33. The molecule has 0 atom stereocenters. The Kier molecular flexibility index (Phi) is 4.24. The van der Waals surface area contributed by atoms with Gasteiger partial charge in [-0.25, -0.2) is 0 Å². The molecule has 1 aromatic carbocycles. The van der Waals surface area contributed by atoms with Crippen molar-refractivity contribution in [1.29, 1.82) is 0 Å². The first-order valence-corrected chi connectivity index (χ1v) is 7.75. The Balaban J connectivity index is 1.68. The topological polar surface area (TPSA) is 52.5 Å². The first kappa shape index (κ1) is 14.8. The van der Waals surface area contributed by atoms with Crippen LogP contribution in [0.25, 0.3) is 11.3 Å².